The topological polar surface area (TPSA) is 79.5 Å². The van der Waals surface area contributed by atoms with Gasteiger partial charge in [0.05, 0.1) is 0 Å². The maximum absolute atomic E-state index is 12.7. The van der Waals surface area contributed by atoms with Gasteiger partial charge >= 0.3 is 0 Å². The van der Waals surface area contributed by atoms with Gasteiger partial charge in [-0.1, -0.05) is 0 Å². The van der Waals surface area contributed by atoms with Crippen LogP contribution in [0.25, 0.3) is 0 Å². The quantitative estimate of drug-likeness (QED) is 0.847. The van der Waals surface area contributed by atoms with E-state index in [1.165, 1.54) is 12.3 Å². The Hall–Kier alpha value is -0.700. The fraction of sp³-hybridized carbons (Fsp3) is 0.583. The Kier molecular flexibility index (Phi) is 3.74. The van der Waals surface area contributed by atoms with Gasteiger partial charge in [-0.05, 0) is 41.4 Å². The zero-order chi connectivity index (χ0) is 14.3. The zero-order valence-corrected chi connectivity index (χ0v) is 13.4. The molecule has 0 amide bonds. The molecule has 2 N–H and O–H groups in total. The highest BCUT2D eigenvalue weighted by Gasteiger charge is 2.37. The van der Waals surface area contributed by atoms with Crippen LogP contribution in [0.4, 0.5) is 5.82 Å². The first-order valence-electron chi connectivity index (χ1n) is 6.64. The molecular weight excluding hydrogens is 344 g/mol. The van der Waals surface area contributed by atoms with Gasteiger partial charge in [0.15, 0.2) is 0 Å². The fourth-order valence-corrected chi connectivity index (χ4v) is 5.00. The molecule has 1 aromatic rings. The van der Waals surface area contributed by atoms with Crippen LogP contribution in [-0.2, 0) is 10.0 Å². The molecule has 0 spiro atoms. The summed E-state index contributed by atoms with van der Waals surface area (Å²) in [6, 6.07) is 1.87. The first-order valence-corrected chi connectivity index (χ1v) is 8.87. The lowest BCUT2D eigenvalue weighted by Crippen LogP contribution is -2.52. The van der Waals surface area contributed by atoms with Crippen molar-refractivity contribution in [3.8, 4) is 0 Å². The maximum Gasteiger partial charge on any atom is 0.246 e. The number of fused-ring (bicyclic) bond motifs is 1. The van der Waals surface area contributed by atoms with Gasteiger partial charge in [0, 0.05) is 36.3 Å². The fourth-order valence-electron chi connectivity index (χ4n) is 2.96. The molecule has 2 fully saturated rings. The van der Waals surface area contributed by atoms with E-state index in [9.17, 15) is 8.42 Å². The second-order valence-corrected chi connectivity index (χ2v) is 8.05. The molecule has 2 aliphatic heterocycles. The number of nitrogens with two attached hydrogens (primary N) is 1. The Labute approximate surface area is 127 Å². The summed E-state index contributed by atoms with van der Waals surface area (Å²) in [6.07, 6.45) is 3.72. The van der Waals surface area contributed by atoms with E-state index < -0.39 is 10.0 Å². The third-order valence-corrected chi connectivity index (χ3v) is 6.34. The molecular formula is C12H17BrN4O2S. The Bertz CT molecular complexity index is 622. The molecule has 2 saturated heterocycles. The number of halogens is 1. The molecule has 2 aliphatic rings. The van der Waals surface area contributed by atoms with E-state index in [2.05, 4.69) is 25.8 Å². The average molecular weight is 361 g/mol. The zero-order valence-electron chi connectivity index (χ0n) is 11.0. The van der Waals surface area contributed by atoms with E-state index in [0.717, 1.165) is 25.9 Å². The lowest BCUT2D eigenvalue weighted by molar-refractivity contribution is 0.158. The van der Waals surface area contributed by atoms with Crippen molar-refractivity contribution in [2.75, 3.05) is 31.9 Å². The Morgan fingerprint density at radius 2 is 2.15 bits per heavy atom. The van der Waals surface area contributed by atoms with Crippen LogP contribution in [0.5, 0.6) is 0 Å². The van der Waals surface area contributed by atoms with E-state index in [1.807, 2.05) is 0 Å². The van der Waals surface area contributed by atoms with Crippen LogP contribution in [0.1, 0.15) is 12.8 Å². The normalized spacial score (nSPS) is 24.8. The van der Waals surface area contributed by atoms with Crippen molar-refractivity contribution >= 4 is 31.8 Å². The van der Waals surface area contributed by atoms with E-state index in [0.29, 0.717) is 23.6 Å². The number of pyridine rings is 1. The van der Waals surface area contributed by atoms with Crippen molar-refractivity contribution in [3.05, 3.63) is 16.7 Å². The number of hydrogen-bond donors (Lipinski definition) is 1. The molecule has 0 saturated carbocycles. The maximum atomic E-state index is 12.7. The highest BCUT2D eigenvalue weighted by molar-refractivity contribution is 9.10. The van der Waals surface area contributed by atoms with Crippen molar-refractivity contribution in [2.24, 2.45) is 0 Å². The van der Waals surface area contributed by atoms with Crippen LogP contribution in [0.15, 0.2) is 21.6 Å². The second kappa shape index (κ2) is 5.25. The Morgan fingerprint density at radius 1 is 1.35 bits per heavy atom. The SMILES string of the molecule is Nc1ncc(Br)cc1S(=O)(=O)N1CCN2CCCC2C1. The standard InChI is InChI=1S/C12H17BrN4O2S/c13-9-6-11(12(14)15-7-9)20(18,19)17-5-4-16-3-1-2-10(16)8-17/h6-7,10H,1-5,8H2,(H2,14,15). The molecule has 0 aromatic carbocycles. The summed E-state index contributed by atoms with van der Waals surface area (Å²) < 4.78 is 27.6. The van der Waals surface area contributed by atoms with Crippen molar-refractivity contribution in [3.63, 3.8) is 0 Å². The summed E-state index contributed by atoms with van der Waals surface area (Å²) in [5, 5.41) is 0. The second-order valence-electron chi connectivity index (χ2n) is 5.23. The van der Waals surface area contributed by atoms with E-state index in [-0.39, 0.29) is 10.7 Å². The third-order valence-electron chi connectivity index (χ3n) is 4.02. The summed E-state index contributed by atoms with van der Waals surface area (Å²) in [5.74, 6) is 0.0575. The number of nitrogens with zero attached hydrogens (tertiary/aromatic N) is 3. The lowest BCUT2D eigenvalue weighted by Gasteiger charge is -2.36. The lowest BCUT2D eigenvalue weighted by atomic mass is 10.2. The molecule has 110 valence electrons. The third kappa shape index (κ3) is 2.45. The number of sulfonamides is 1. The van der Waals surface area contributed by atoms with Gasteiger partial charge in [0.2, 0.25) is 10.0 Å². The van der Waals surface area contributed by atoms with E-state index in [4.69, 9.17) is 5.73 Å². The van der Waals surface area contributed by atoms with Gasteiger partial charge in [0.25, 0.3) is 0 Å². The van der Waals surface area contributed by atoms with Crippen LogP contribution in [0.3, 0.4) is 0 Å². The monoisotopic (exact) mass is 360 g/mol. The molecule has 1 unspecified atom stereocenters. The molecule has 0 radical (unpaired) electrons. The minimum Gasteiger partial charge on any atom is -0.383 e. The summed E-state index contributed by atoms with van der Waals surface area (Å²) in [6.45, 7) is 2.95. The Balaban J connectivity index is 1.90. The largest absolute Gasteiger partial charge is 0.383 e. The number of hydrogen-bond acceptors (Lipinski definition) is 5. The van der Waals surface area contributed by atoms with Gasteiger partial charge in [-0.25, -0.2) is 13.4 Å². The van der Waals surface area contributed by atoms with E-state index >= 15 is 0 Å². The first-order chi connectivity index (χ1) is 9.48. The van der Waals surface area contributed by atoms with E-state index in [1.54, 1.807) is 4.31 Å². The minimum absolute atomic E-state index is 0.0575. The van der Waals surface area contributed by atoms with Crippen LogP contribution in [0.2, 0.25) is 0 Å². The summed E-state index contributed by atoms with van der Waals surface area (Å²) in [4.78, 5) is 6.39. The van der Waals surface area contributed by atoms with Crippen molar-refractivity contribution in [1.82, 2.24) is 14.2 Å². The van der Waals surface area contributed by atoms with Gasteiger partial charge < -0.3 is 5.73 Å². The number of piperazine rings is 1. The van der Waals surface area contributed by atoms with Crippen molar-refractivity contribution in [2.45, 2.75) is 23.8 Å². The molecule has 0 bridgehead atoms. The van der Waals surface area contributed by atoms with Gasteiger partial charge in [-0.15, -0.1) is 0 Å². The van der Waals surface area contributed by atoms with Gasteiger partial charge in [0.1, 0.15) is 10.7 Å². The smallest absolute Gasteiger partial charge is 0.246 e. The predicted molar refractivity (Wildman–Crippen MR) is 79.7 cm³/mol. The summed E-state index contributed by atoms with van der Waals surface area (Å²) in [5.41, 5.74) is 5.74. The first kappa shape index (κ1) is 14.2. The molecule has 3 rings (SSSR count). The van der Waals surface area contributed by atoms with Crippen molar-refractivity contribution < 1.29 is 8.42 Å². The van der Waals surface area contributed by atoms with Crippen LogP contribution < -0.4 is 5.73 Å². The van der Waals surface area contributed by atoms with Crippen LogP contribution in [-0.4, -0.2) is 54.8 Å². The molecule has 3 heterocycles. The van der Waals surface area contributed by atoms with Gasteiger partial charge in [-0.3, -0.25) is 4.90 Å². The number of nitrogen functional groups attached to an aromatic ring is 1. The molecule has 1 atom stereocenters. The van der Waals surface area contributed by atoms with Crippen LogP contribution >= 0.6 is 15.9 Å². The predicted octanol–water partition coefficient (Wildman–Crippen LogP) is 0.895. The number of anilines is 1. The summed E-state index contributed by atoms with van der Waals surface area (Å²) >= 11 is 3.25. The molecule has 20 heavy (non-hydrogen) atoms. The molecule has 0 aliphatic carbocycles. The van der Waals surface area contributed by atoms with Crippen molar-refractivity contribution in [1.29, 1.82) is 0 Å². The highest BCUT2D eigenvalue weighted by Crippen LogP contribution is 2.28. The number of rotatable bonds is 2. The highest BCUT2D eigenvalue weighted by atomic mass is 79.9. The Morgan fingerprint density at radius 3 is 2.95 bits per heavy atom. The van der Waals surface area contributed by atoms with Gasteiger partial charge in [-0.2, -0.15) is 4.31 Å². The minimum atomic E-state index is -3.56. The summed E-state index contributed by atoms with van der Waals surface area (Å²) in [7, 11) is -3.56. The molecule has 6 nitrogen and oxygen atoms in total. The molecule has 1 aromatic heterocycles. The number of aromatic nitrogens is 1. The molecule has 8 heteroatoms. The average Bonchev–Trinajstić information content (AvgIpc) is 2.88. The van der Waals surface area contributed by atoms with Crippen LogP contribution in [0, 0.1) is 0 Å².